The van der Waals surface area contributed by atoms with Crippen LogP contribution in [0, 0.1) is 23.0 Å². The van der Waals surface area contributed by atoms with Crippen LogP contribution in [0.5, 0.6) is 0 Å². The number of hydrogen-bond donors (Lipinski definition) is 5. The summed E-state index contributed by atoms with van der Waals surface area (Å²) in [5, 5.41) is 20.2. The van der Waals surface area contributed by atoms with E-state index in [1.54, 1.807) is 30.6 Å². The van der Waals surface area contributed by atoms with Crippen LogP contribution in [-0.2, 0) is 35.3 Å². The molecule has 1 aromatic heterocycles. The van der Waals surface area contributed by atoms with Gasteiger partial charge in [0.05, 0.1) is 48.3 Å². The van der Waals surface area contributed by atoms with E-state index in [1.807, 2.05) is 17.9 Å². The number of benzene rings is 2. The van der Waals surface area contributed by atoms with Crippen molar-refractivity contribution in [1.29, 1.82) is 5.41 Å². The van der Waals surface area contributed by atoms with Gasteiger partial charge in [-0.05, 0) is 68.2 Å². The van der Waals surface area contributed by atoms with Crippen LogP contribution in [0.3, 0.4) is 0 Å². The highest BCUT2D eigenvalue weighted by atomic mass is 19.1. The maximum atomic E-state index is 15.4. The van der Waals surface area contributed by atoms with Crippen LogP contribution in [0.2, 0.25) is 0 Å². The minimum Gasteiger partial charge on any atom is -0.387 e. The van der Waals surface area contributed by atoms with E-state index in [4.69, 9.17) is 15.1 Å². The average Bonchev–Trinajstić information content (AvgIpc) is 3.59. The minimum absolute atomic E-state index is 0.0209. The zero-order valence-electron chi connectivity index (χ0n) is 37.8. The second kappa shape index (κ2) is 21.6. The Bertz CT molecular complexity index is 2490. The molecular weight excluding hydrogens is 863 g/mol. The van der Waals surface area contributed by atoms with Crippen molar-refractivity contribution in [3.63, 3.8) is 0 Å². The van der Waals surface area contributed by atoms with Crippen LogP contribution in [0.25, 0.3) is 27.7 Å². The predicted molar refractivity (Wildman–Crippen MR) is 247 cm³/mol. The Kier molecular flexibility index (Phi) is 15.2. The van der Waals surface area contributed by atoms with Crippen molar-refractivity contribution >= 4 is 52.4 Å². The lowest BCUT2D eigenvalue weighted by molar-refractivity contribution is -0.150. The normalized spacial score (nSPS) is 21.1. The molecule has 16 nitrogen and oxygen atoms in total. The lowest BCUT2D eigenvalue weighted by Gasteiger charge is -2.31. The minimum atomic E-state index is -0.992. The topological polar surface area (TPSA) is 202 Å². The molecule has 0 bridgehead atoms. The van der Waals surface area contributed by atoms with Gasteiger partial charge in [-0.2, -0.15) is 0 Å². The fraction of sp³-hybridized carbons (Fsp3) is 0.469. The Hall–Kier alpha value is -6.24. The van der Waals surface area contributed by atoms with E-state index in [-0.39, 0.29) is 42.8 Å². The molecule has 3 aromatic rings. The Labute approximate surface area is 388 Å². The van der Waals surface area contributed by atoms with E-state index < -0.39 is 41.3 Å². The predicted octanol–water partition coefficient (Wildman–Crippen LogP) is 4.11. The molecule has 0 radical (unpaired) electrons. The number of fused-ring (bicyclic) bond motifs is 1. The van der Waals surface area contributed by atoms with Gasteiger partial charge in [0.15, 0.2) is 0 Å². The number of amides is 5. The van der Waals surface area contributed by atoms with Crippen molar-refractivity contribution < 1.29 is 37.5 Å². The number of para-hydroxylation sites is 1. The van der Waals surface area contributed by atoms with Crippen molar-refractivity contribution in [2.24, 2.45) is 5.92 Å². The number of hydrogen-bond acceptors (Lipinski definition) is 13. The van der Waals surface area contributed by atoms with Crippen molar-refractivity contribution in [2.45, 2.75) is 83.3 Å². The molecule has 5 N–H and O–H groups in total. The first-order valence-electron chi connectivity index (χ1n) is 23.4. The molecule has 0 spiro atoms. The van der Waals surface area contributed by atoms with Gasteiger partial charge in [-0.3, -0.25) is 49.0 Å². The average molecular weight is 921 g/mol. The van der Waals surface area contributed by atoms with Gasteiger partial charge >= 0.3 is 0 Å². The Morgan fingerprint density at radius 2 is 1.70 bits per heavy atom. The van der Waals surface area contributed by atoms with Gasteiger partial charge in [0.25, 0.3) is 11.8 Å². The van der Waals surface area contributed by atoms with Crippen LogP contribution in [0.1, 0.15) is 76.0 Å². The second-order valence-electron chi connectivity index (χ2n) is 17.9. The van der Waals surface area contributed by atoms with E-state index in [1.165, 1.54) is 18.3 Å². The first-order chi connectivity index (χ1) is 32.5. The summed E-state index contributed by atoms with van der Waals surface area (Å²) in [6.45, 7) is 7.29. The molecule has 4 aliphatic heterocycles. The maximum Gasteiger partial charge on any atom is 0.264 e. The summed E-state index contributed by atoms with van der Waals surface area (Å²) < 4.78 is 36.2. The third-order valence-electron chi connectivity index (χ3n) is 13.2. The van der Waals surface area contributed by atoms with Crippen molar-refractivity contribution in [1.82, 2.24) is 45.9 Å². The highest BCUT2D eigenvalue weighted by Crippen LogP contribution is 2.38. The number of rotatable bonds is 18. The van der Waals surface area contributed by atoms with Gasteiger partial charge in [-0.15, -0.1) is 0 Å². The van der Waals surface area contributed by atoms with Crippen LogP contribution in [0.4, 0.5) is 8.78 Å². The molecule has 5 amide bonds. The van der Waals surface area contributed by atoms with Gasteiger partial charge in [-0.1, -0.05) is 38.0 Å². The molecule has 3 fully saturated rings. The number of likely N-dealkylation sites (tertiary alicyclic amines) is 1. The smallest absolute Gasteiger partial charge is 0.264 e. The number of morpholine rings is 1. The summed E-state index contributed by atoms with van der Waals surface area (Å²) in [4.78, 5) is 78.3. The van der Waals surface area contributed by atoms with Crippen LogP contribution >= 0.6 is 0 Å². The monoisotopic (exact) mass is 920 g/mol. The molecule has 2 aromatic carbocycles. The number of aromatic nitrogens is 2. The van der Waals surface area contributed by atoms with Crippen LogP contribution in [0.15, 0.2) is 65.6 Å². The molecule has 354 valence electrons. The molecular formula is C49H58F2N10O6. The standard InChI is InChI=1S/C49H58F2N10O6/c1-30-9-10-38(45-44(30)48(65)61(49(45)66)41-11-12-42(62)58-47(41)64)53-15-4-2-3-5-16-54-43(63)29-59-17-13-33(14-18-59)55-26-32(25-52)40-27-56-39-8-6-7-34(46(39)57-40)31-23-36(50)35(37(51)24-31)28-60-19-21-67-22-20-60/h6-8,10,23-27,30,33,41,52-53,55H,2-5,9,11-22,28-29H2,1H3,(H,54,63)(H,58,62,64)/b32-26+,52-25?. The summed E-state index contributed by atoms with van der Waals surface area (Å²) >= 11 is 0. The zero-order valence-corrected chi connectivity index (χ0v) is 37.8. The number of ether oxygens (including phenoxy) is 1. The third-order valence-corrected chi connectivity index (χ3v) is 13.2. The number of unbranched alkanes of at least 4 members (excludes halogenated alkanes) is 3. The van der Waals surface area contributed by atoms with Gasteiger partial charge in [0.2, 0.25) is 17.7 Å². The molecule has 0 saturated carbocycles. The molecule has 5 heterocycles. The van der Waals surface area contributed by atoms with E-state index in [0.29, 0.717) is 103 Å². The highest BCUT2D eigenvalue weighted by Gasteiger charge is 2.49. The van der Waals surface area contributed by atoms with Crippen molar-refractivity contribution in [3.05, 3.63) is 88.5 Å². The van der Waals surface area contributed by atoms with Crippen molar-refractivity contribution in [2.75, 3.05) is 59.0 Å². The zero-order chi connectivity index (χ0) is 47.0. The van der Waals surface area contributed by atoms with Gasteiger partial charge in [-0.25, -0.2) is 13.8 Å². The Balaban J connectivity index is 0.742. The maximum absolute atomic E-state index is 15.4. The second-order valence-corrected chi connectivity index (χ2v) is 17.9. The van der Waals surface area contributed by atoms with Crippen LogP contribution < -0.4 is 21.3 Å². The molecule has 18 heteroatoms. The number of imide groups is 2. The number of nitrogens with one attached hydrogen (secondary N) is 5. The van der Waals surface area contributed by atoms with E-state index in [0.717, 1.165) is 56.5 Å². The largest absolute Gasteiger partial charge is 0.387 e. The third kappa shape index (κ3) is 11.0. The fourth-order valence-electron chi connectivity index (χ4n) is 9.43. The van der Waals surface area contributed by atoms with Gasteiger partial charge in [0.1, 0.15) is 17.7 Å². The molecule has 67 heavy (non-hydrogen) atoms. The summed E-state index contributed by atoms with van der Waals surface area (Å²) in [7, 11) is 0. The van der Waals surface area contributed by atoms with Crippen molar-refractivity contribution in [3.8, 4) is 11.1 Å². The number of piperidine rings is 2. The summed E-state index contributed by atoms with van der Waals surface area (Å²) in [6.07, 6.45) is 12.3. The number of carbonyl (C=O) groups excluding carboxylic acids is 5. The highest BCUT2D eigenvalue weighted by molar-refractivity contribution is 6.23. The summed E-state index contributed by atoms with van der Waals surface area (Å²) in [5.74, 6) is -3.40. The van der Waals surface area contributed by atoms with Gasteiger partial charge in [0, 0.05) is 98.7 Å². The first kappa shape index (κ1) is 47.3. The van der Waals surface area contributed by atoms with E-state index >= 15 is 8.78 Å². The molecule has 2 atom stereocenters. The molecule has 2 unspecified atom stereocenters. The summed E-state index contributed by atoms with van der Waals surface area (Å²) in [5.41, 5.74) is 4.26. The lowest BCUT2D eigenvalue weighted by Crippen LogP contribution is -2.54. The summed E-state index contributed by atoms with van der Waals surface area (Å²) in [6, 6.07) is 7.15. The Morgan fingerprint density at radius 1 is 0.955 bits per heavy atom. The number of halogens is 2. The number of nitrogens with zero attached hydrogens (tertiary/aromatic N) is 5. The SMILES string of the molecule is CC1CC=C(NCCCCCCNC(=O)CN2CCC(N/C=C(\C=N)c3cnc4cccc(-c5cc(F)c(CN6CCOCC6)c(F)c5)c4n3)CC2)C2=C1C(=O)N(C1CCC(=O)NC1=O)C2=O. The molecule has 8 rings (SSSR count). The van der Waals surface area contributed by atoms with Crippen LogP contribution in [-0.4, -0.2) is 132 Å². The number of allylic oxidation sites excluding steroid dienone is 2. The molecule has 1 aliphatic carbocycles. The number of carbonyl (C=O) groups is 5. The Morgan fingerprint density at radius 3 is 2.43 bits per heavy atom. The fourth-order valence-corrected chi connectivity index (χ4v) is 9.43. The lowest BCUT2D eigenvalue weighted by atomic mass is 9.87. The quantitative estimate of drug-likeness (QED) is 0.0696. The van der Waals surface area contributed by atoms with E-state index in [9.17, 15) is 24.0 Å². The molecule has 5 aliphatic rings. The van der Waals surface area contributed by atoms with Gasteiger partial charge < -0.3 is 26.1 Å². The molecule has 3 saturated heterocycles. The van der Waals surface area contributed by atoms with E-state index in [2.05, 4.69) is 31.2 Å². The first-order valence-corrected chi connectivity index (χ1v) is 23.4.